The number of carbonyl (C=O) groups is 3. The van der Waals surface area contributed by atoms with Gasteiger partial charge in [0, 0.05) is 66.8 Å². The molecule has 0 unspecified atom stereocenters. The summed E-state index contributed by atoms with van der Waals surface area (Å²) in [6.45, 7) is 2.90. The predicted molar refractivity (Wildman–Crippen MR) is 196 cm³/mol. The number of aromatic nitrogens is 3. The number of nitrogens with one attached hydrogen (secondary N) is 3. The fourth-order valence-electron chi connectivity index (χ4n) is 5.54. The van der Waals surface area contributed by atoms with E-state index < -0.39 is 6.03 Å². The van der Waals surface area contributed by atoms with Crippen LogP contribution in [0.3, 0.4) is 0 Å². The molecular weight excluding hydrogens is 634 g/mol. The molecule has 0 bridgehead atoms. The van der Waals surface area contributed by atoms with Crippen LogP contribution in [0.2, 0.25) is 0 Å². The summed E-state index contributed by atoms with van der Waals surface area (Å²) in [6, 6.07) is 21.6. The van der Waals surface area contributed by atoms with Crippen molar-refractivity contribution in [3.63, 3.8) is 0 Å². The van der Waals surface area contributed by atoms with Crippen LogP contribution in [0, 0.1) is 0 Å². The van der Waals surface area contributed by atoms with E-state index in [9.17, 15) is 14.4 Å². The molecular formula is C37H39N9O4. The van der Waals surface area contributed by atoms with E-state index in [1.807, 2.05) is 50.5 Å². The second kappa shape index (κ2) is 15.1. The van der Waals surface area contributed by atoms with Gasteiger partial charge >= 0.3 is 6.03 Å². The normalized spacial score (nSPS) is 12.9. The standard InChI is InChI=1S/C37H39N9O4/c1-44(2)23-33(47)39-30-19-27(21-38-22-30)26-9-14-31-32(20-26)42-34(43-35(31)46-15-17-50-18-16-46)24-5-10-28(11-6-24)40-37(49)41-29-12-7-25(8-13-29)36(48)45(3)4/h5-14,19-22H,15-18,23H2,1-4H3,(H,39,47)(H2,40,41,49). The zero-order valence-corrected chi connectivity index (χ0v) is 28.4. The molecule has 0 radical (unpaired) electrons. The molecule has 256 valence electrons. The Kier molecular flexibility index (Phi) is 10.3. The van der Waals surface area contributed by atoms with E-state index in [2.05, 4.69) is 25.8 Å². The summed E-state index contributed by atoms with van der Waals surface area (Å²) >= 11 is 0. The number of pyridine rings is 1. The van der Waals surface area contributed by atoms with Gasteiger partial charge in [-0.2, -0.15) is 0 Å². The van der Waals surface area contributed by atoms with Crippen LogP contribution in [0.15, 0.2) is 85.2 Å². The van der Waals surface area contributed by atoms with E-state index >= 15 is 0 Å². The summed E-state index contributed by atoms with van der Waals surface area (Å²) in [4.78, 5) is 57.1. The number of fused-ring (bicyclic) bond motifs is 1. The van der Waals surface area contributed by atoms with E-state index in [0.29, 0.717) is 54.8 Å². The third kappa shape index (κ3) is 8.20. The SMILES string of the molecule is CN(C)CC(=O)Nc1cncc(-c2ccc3c(N4CCOCC4)nc(-c4ccc(NC(=O)Nc5ccc(C(=O)N(C)C)cc5)cc4)nc3c2)c1. The Balaban J connectivity index is 1.24. The van der Waals surface area contributed by atoms with Crippen LogP contribution in [-0.2, 0) is 9.53 Å². The zero-order chi connectivity index (χ0) is 35.2. The van der Waals surface area contributed by atoms with Crippen LogP contribution in [0.4, 0.5) is 27.7 Å². The maximum Gasteiger partial charge on any atom is 0.323 e. The van der Waals surface area contributed by atoms with Gasteiger partial charge in [-0.25, -0.2) is 14.8 Å². The third-order valence-electron chi connectivity index (χ3n) is 8.00. The lowest BCUT2D eigenvalue weighted by atomic mass is 10.0. The Bertz CT molecular complexity index is 2010. The van der Waals surface area contributed by atoms with Crippen molar-refractivity contribution in [2.24, 2.45) is 0 Å². The molecule has 1 aliphatic heterocycles. The number of benzene rings is 3. The topological polar surface area (TPSA) is 145 Å². The Morgan fingerprint density at radius 3 is 2.06 bits per heavy atom. The van der Waals surface area contributed by atoms with Crippen LogP contribution in [0.5, 0.6) is 0 Å². The Morgan fingerprint density at radius 1 is 0.740 bits per heavy atom. The molecule has 4 amide bonds. The van der Waals surface area contributed by atoms with Gasteiger partial charge in [0.1, 0.15) is 5.82 Å². The highest BCUT2D eigenvalue weighted by molar-refractivity contribution is 6.01. The zero-order valence-electron chi connectivity index (χ0n) is 28.4. The van der Waals surface area contributed by atoms with Crippen LogP contribution in [-0.4, -0.2) is 104 Å². The fraction of sp³-hybridized carbons (Fsp3) is 0.243. The van der Waals surface area contributed by atoms with Crippen LogP contribution < -0.4 is 20.9 Å². The van der Waals surface area contributed by atoms with E-state index in [4.69, 9.17) is 14.7 Å². The molecule has 3 N–H and O–H groups in total. The van der Waals surface area contributed by atoms with Gasteiger partial charge in [0.15, 0.2) is 5.82 Å². The van der Waals surface area contributed by atoms with Crippen LogP contribution in [0.25, 0.3) is 33.4 Å². The number of anilines is 4. The number of nitrogens with zero attached hydrogens (tertiary/aromatic N) is 6. The summed E-state index contributed by atoms with van der Waals surface area (Å²) in [5.74, 6) is 1.13. The highest BCUT2D eigenvalue weighted by atomic mass is 16.5. The van der Waals surface area contributed by atoms with Crippen molar-refractivity contribution in [2.45, 2.75) is 0 Å². The third-order valence-corrected chi connectivity index (χ3v) is 8.00. The number of hydrogen-bond acceptors (Lipinski definition) is 9. The molecule has 50 heavy (non-hydrogen) atoms. The molecule has 1 fully saturated rings. The molecule has 5 aromatic rings. The number of urea groups is 1. The van der Waals surface area contributed by atoms with E-state index in [1.54, 1.807) is 67.8 Å². The van der Waals surface area contributed by atoms with Gasteiger partial charge in [0.25, 0.3) is 5.91 Å². The molecule has 1 saturated heterocycles. The first-order chi connectivity index (χ1) is 24.1. The summed E-state index contributed by atoms with van der Waals surface area (Å²) in [7, 11) is 7.06. The van der Waals surface area contributed by atoms with Gasteiger partial charge in [-0.1, -0.05) is 6.07 Å². The second-order valence-corrected chi connectivity index (χ2v) is 12.4. The molecule has 0 atom stereocenters. The monoisotopic (exact) mass is 673 g/mol. The quantitative estimate of drug-likeness (QED) is 0.196. The molecule has 3 aromatic carbocycles. The van der Waals surface area contributed by atoms with Crippen molar-refractivity contribution in [1.29, 1.82) is 0 Å². The number of carbonyl (C=O) groups excluding carboxylic acids is 3. The van der Waals surface area contributed by atoms with Crippen molar-refractivity contribution < 1.29 is 19.1 Å². The molecule has 13 nitrogen and oxygen atoms in total. The molecule has 3 heterocycles. The predicted octanol–water partition coefficient (Wildman–Crippen LogP) is 5.04. The Morgan fingerprint density at radius 2 is 1.40 bits per heavy atom. The highest BCUT2D eigenvalue weighted by Crippen LogP contribution is 2.32. The highest BCUT2D eigenvalue weighted by Gasteiger charge is 2.19. The largest absolute Gasteiger partial charge is 0.378 e. The summed E-state index contributed by atoms with van der Waals surface area (Å²) in [5.41, 5.74) is 5.58. The lowest BCUT2D eigenvalue weighted by Gasteiger charge is -2.29. The first-order valence-corrected chi connectivity index (χ1v) is 16.2. The van der Waals surface area contributed by atoms with E-state index in [1.165, 1.54) is 4.90 Å². The van der Waals surface area contributed by atoms with E-state index in [-0.39, 0.29) is 18.4 Å². The minimum atomic E-state index is -0.413. The Labute approximate surface area is 290 Å². The van der Waals surface area contributed by atoms with Crippen molar-refractivity contribution in [3.05, 3.63) is 90.8 Å². The number of amides is 4. The summed E-state index contributed by atoms with van der Waals surface area (Å²) in [5, 5.41) is 9.46. The van der Waals surface area contributed by atoms with Crippen LogP contribution in [0.1, 0.15) is 10.4 Å². The molecule has 2 aromatic heterocycles. The van der Waals surface area contributed by atoms with Crippen molar-refractivity contribution in [3.8, 4) is 22.5 Å². The van der Waals surface area contributed by atoms with Gasteiger partial charge in [-0.05, 0) is 86.4 Å². The molecule has 6 rings (SSSR count). The van der Waals surface area contributed by atoms with Gasteiger partial charge in [-0.15, -0.1) is 0 Å². The summed E-state index contributed by atoms with van der Waals surface area (Å²) in [6.07, 6.45) is 3.39. The average Bonchev–Trinajstić information content (AvgIpc) is 3.11. The van der Waals surface area contributed by atoms with Crippen molar-refractivity contribution in [2.75, 3.05) is 81.9 Å². The first kappa shape index (κ1) is 34.0. The first-order valence-electron chi connectivity index (χ1n) is 16.2. The van der Waals surface area contributed by atoms with Crippen molar-refractivity contribution >= 4 is 51.6 Å². The fourth-order valence-corrected chi connectivity index (χ4v) is 5.54. The maximum atomic E-state index is 12.7. The molecule has 13 heteroatoms. The van der Waals surface area contributed by atoms with Gasteiger partial charge in [0.05, 0.1) is 37.2 Å². The molecule has 0 spiro atoms. The summed E-state index contributed by atoms with van der Waals surface area (Å²) < 4.78 is 5.61. The minimum Gasteiger partial charge on any atom is -0.378 e. The number of rotatable bonds is 9. The molecule has 1 aliphatic rings. The number of likely N-dealkylation sites (N-methyl/N-ethyl adjacent to an activating group) is 1. The number of ether oxygens (including phenoxy) is 1. The van der Waals surface area contributed by atoms with E-state index in [0.717, 1.165) is 33.4 Å². The van der Waals surface area contributed by atoms with Gasteiger partial charge in [0.2, 0.25) is 5.91 Å². The van der Waals surface area contributed by atoms with Crippen LogP contribution >= 0.6 is 0 Å². The van der Waals surface area contributed by atoms with Gasteiger partial charge < -0.3 is 35.4 Å². The Hall–Kier alpha value is -5.92. The number of morpholine rings is 1. The minimum absolute atomic E-state index is 0.112. The second-order valence-electron chi connectivity index (χ2n) is 12.4. The van der Waals surface area contributed by atoms with Crippen molar-refractivity contribution in [1.82, 2.24) is 24.8 Å². The molecule has 0 aliphatic carbocycles. The lowest BCUT2D eigenvalue weighted by molar-refractivity contribution is -0.116. The maximum absolute atomic E-state index is 12.7. The smallest absolute Gasteiger partial charge is 0.323 e. The number of hydrogen-bond donors (Lipinski definition) is 3. The van der Waals surface area contributed by atoms with Gasteiger partial charge in [-0.3, -0.25) is 14.6 Å². The average molecular weight is 674 g/mol. The lowest BCUT2D eigenvalue weighted by Crippen LogP contribution is -2.37. The molecule has 0 saturated carbocycles.